The molecule has 3 N–H and O–H groups in total. The molecule has 0 saturated heterocycles. The van der Waals surface area contributed by atoms with E-state index in [0.29, 0.717) is 19.4 Å². The van der Waals surface area contributed by atoms with Crippen molar-refractivity contribution in [1.82, 2.24) is 5.32 Å². The van der Waals surface area contributed by atoms with Gasteiger partial charge in [0, 0.05) is 6.04 Å². The molecule has 5 nitrogen and oxygen atoms in total. The summed E-state index contributed by atoms with van der Waals surface area (Å²) in [6.45, 7) is 12.1. The lowest BCUT2D eigenvalue weighted by atomic mass is 10.0. The highest BCUT2D eigenvalue weighted by molar-refractivity contribution is 5.68. The van der Waals surface area contributed by atoms with Gasteiger partial charge in [-0.3, -0.25) is 0 Å². The van der Waals surface area contributed by atoms with Crippen LogP contribution < -0.4 is 15.8 Å². The third-order valence-electron chi connectivity index (χ3n) is 3.07. The maximum absolute atomic E-state index is 12.0. The van der Waals surface area contributed by atoms with Crippen LogP contribution in [-0.2, 0) is 11.2 Å². The molecule has 0 radical (unpaired) electrons. The van der Waals surface area contributed by atoms with Gasteiger partial charge in [-0.1, -0.05) is 12.1 Å². The molecule has 1 aromatic carbocycles. The summed E-state index contributed by atoms with van der Waals surface area (Å²) in [4.78, 5) is 12.0. The number of alkyl carbamates (subject to hydrolysis) is 1. The molecule has 0 heterocycles. The van der Waals surface area contributed by atoms with Crippen LogP contribution in [0.15, 0.2) is 24.3 Å². The number of hydrogen-bond donors (Lipinski definition) is 2. The van der Waals surface area contributed by atoms with Crippen LogP contribution in [0.2, 0.25) is 0 Å². The lowest BCUT2D eigenvalue weighted by Gasteiger charge is -2.24. The predicted molar refractivity (Wildman–Crippen MR) is 97.4 cm³/mol. The number of carbonyl (C=O) groups is 1. The van der Waals surface area contributed by atoms with Crippen molar-refractivity contribution in [2.75, 3.05) is 6.54 Å². The third kappa shape index (κ3) is 8.77. The van der Waals surface area contributed by atoms with Crippen molar-refractivity contribution < 1.29 is 14.3 Å². The molecule has 0 fully saturated rings. The number of nitrogens with two attached hydrogens (primary N) is 1. The summed E-state index contributed by atoms with van der Waals surface area (Å²) in [5, 5.41) is 2.90. The Bertz CT molecular complexity index is 513. The van der Waals surface area contributed by atoms with Crippen LogP contribution in [0.5, 0.6) is 5.75 Å². The summed E-state index contributed by atoms with van der Waals surface area (Å²) in [5.74, 6) is 0.835. The van der Waals surface area contributed by atoms with Crippen LogP contribution in [0.1, 0.15) is 53.5 Å². The molecule has 1 rings (SSSR count). The minimum absolute atomic E-state index is 0.0563. The Morgan fingerprint density at radius 2 is 1.67 bits per heavy atom. The second-order valence-corrected chi connectivity index (χ2v) is 7.98. The monoisotopic (exact) mass is 336 g/mol. The maximum atomic E-state index is 12.0. The molecule has 0 spiro atoms. The number of carbonyl (C=O) groups excluding carboxylic acids is 1. The Morgan fingerprint density at radius 1 is 1.08 bits per heavy atom. The normalized spacial score (nSPS) is 13.3. The van der Waals surface area contributed by atoms with Gasteiger partial charge in [-0.25, -0.2) is 4.79 Å². The Kier molecular flexibility index (Phi) is 7.08. The first-order chi connectivity index (χ1) is 11.0. The Hall–Kier alpha value is -1.75. The van der Waals surface area contributed by atoms with E-state index in [0.717, 1.165) is 11.3 Å². The SMILES string of the molecule is CC(C)(C)OC(=O)N[C@H](CCN)Cc1ccc(OC(C)(C)C)cc1. The molecule has 136 valence electrons. The van der Waals surface area contributed by atoms with Gasteiger partial charge in [0.2, 0.25) is 0 Å². The highest BCUT2D eigenvalue weighted by Crippen LogP contribution is 2.19. The second kappa shape index (κ2) is 8.38. The molecular formula is C19H32N2O3. The standard InChI is InChI=1S/C19H32N2O3/c1-18(2,3)23-16-9-7-14(8-10-16)13-15(11-12-20)21-17(22)24-19(4,5)6/h7-10,15H,11-13,20H2,1-6H3,(H,21,22)/t15-/m1/s1. The molecule has 0 aliphatic carbocycles. The first-order valence-corrected chi connectivity index (χ1v) is 8.46. The first-order valence-electron chi connectivity index (χ1n) is 8.46. The quantitative estimate of drug-likeness (QED) is 0.831. The molecule has 0 aliphatic heterocycles. The van der Waals surface area contributed by atoms with Crippen LogP contribution in [0, 0.1) is 0 Å². The molecular weight excluding hydrogens is 304 g/mol. The molecule has 0 aliphatic rings. The molecule has 1 atom stereocenters. The largest absolute Gasteiger partial charge is 0.488 e. The van der Waals surface area contributed by atoms with E-state index < -0.39 is 11.7 Å². The van der Waals surface area contributed by atoms with Crippen molar-refractivity contribution in [2.45, 2.75) is 71.6 Å². The molecule has 0 aromatic heterocycles. The van der Waals surface area contributed by atoms with E-state index in [1.807, 2.05) is 65.8 Å². The van der Waals surface area contributed by atoms with Gasteiger partial charge in [0.25, 0.3) is 0 Å². The zero-order valence-corrected chi connectivity index (χ0v) is 15.8. The average Bonchev–Trinajstić information content (AvgIpc) is 2.37. The number of benzene rings is 1. The number of hydrogen-bond acceptors (Lipinski definition) is 4. The maximum Gasteiger partial charge on any atom is 0.407 e. The molecule has 0 bridgehead atoms. The Labute approximate surface area is 145 Å². The minimum atomic E-state index is -0.511. The van der Waals surface area contributed by atoms with Gasteiger partial charge in [-0.05, 0) is 78.6 Å². The van der Waals surface area contributed by atoms with Crippen molar-refractivity contribution in [1.29, 1.82) is 0 Å². The summed E-state index contributed by atoms with van der Waals surface area (Å²) in [6.07, 6.45) is 0.986. The van der Waals surface area contributed by atoms with E-state index in [9.17, 15) is 4.79 Å². The number of rotatable bonds is 6. The highest BCUT2D eigenvalue weighted by Gasteiger charge is 2.19. The van der Waals surface area contributed by atoms with E-state index in [2.05, 4.69) is 5.32 Å². The van der Waals surface area contributed by atoms with Crippen LogP contribution in [0.4, 0.5) is 4.79 Å². The molecule has 1 aromatic rings. The summed E-state index contributed by atoms with van der Waals surface area (Å²) < 4.78 is 11.1. The van der Waals surface area contributed by atoms with Gasteiger partial charge in [0.1, 0.15) is 17.0 Å². The predicted octanol–water partition coefficient (Wildman–Crippen LogP) is 3.65. The molecule has 0 unspecified atom stereocenters. The summed E-state index contributed by atoms with van der Waals surface area (Å²) in [6, 6.07) is 7.88. The summed E-state index contributed by atoms with van der Waals surface area (Å²) in [7, 11) is 0. The Balaban J connectivity index is 2.66. The van der Waals surface area contributed by atoms with Gasteiger partial charge in [-0.2, -0.15) is 0 Å². The van der Waals surface area contributed by atoms with Crippen molar-refractivity contribution in [3.63, 3.8) is 0 Å². The zero-order chi connectivity index (χ0) is 18.4. The summed E-state index contributed by atoms with van der Waals surface area (Å²) >= 11 is 0. The van der Waals surface area contributed by atoms with Gasteiger partial charge >= 0.3 is 6.09 Å². The number of ether oxygens (including phenoxy) is 2. The van der Waals surface area contributed by atoms with Crippen LogP contribution in [0.3, 0.4) is 0 Å². The topological polar surface area (TPSA) is 73.6 Å². The van der Waals surface area contributed by atoms with E-state index >= 15 is 0 Å². The fourth-order valence-corrected chi connectivity index (χ4v) is 2.23. The fourth-order valence-electron chi connectivity index (χ4n) is 2.23. The third-order valence-corrected chi connectivity index (χ3v) is 3.07. The molecule has 1 amide bonds. The van der Waals surface area contributed by atoms with Gasteiger partial charge in [0.05, 0.1) is 0 Å². The smallest absolute Gasteiger partial charge is 0.407 e. The molecule has 24 heavy (non-hydrogen) atoms. The highest BCUT2D eigenvalue weighted by atomic mass is 16.6. The van der Waals surface area contributed by atoms with E-state index in [1.165, 1.54) is 0 Å². The van der Waals surface area contributed by atoms with Crippen molar-refractivity contribution in [3.05, 3.63) is 29.8 Å². The van der Waals surface area contributed by atoms with E-state index in [-0.39, 0.29) is 11.6 Å². The van der Waals surface area contributed by atoms with Gasteiger partial charge in [-0.15, -0.1) is 0 Å². The molecule has 5 heteroatoms. The first kappa shape index (κ1) is 20.3. The minimum Gasteiger partial charge on any atom is -0.488 e. The lowest BCUT2D eigenvalue weighted by Crippen LogP contribution is -2.41. The van der Waals surface area contributed by atoms with Gasteiger partial charge in [0.15, 0.2) is 0 Å². The average molecular weight is 336 g/mol. The number of amides is 1. The molecule has 0 saturated carbocycles. The van der Waals surface area contributed by atoms with Gasteiger partial charge < -0.3 is 20.5 Å². The van der Waals surface area contributed by atoms with Crippen LogP contribution in [-0.4, -0.2) is 29.9 Å². The van der Waals surface area contributed by atoms with Crippen molar-refractivity contribution in [2.24, 2.45) is 5.73 Å². The Morgan fingerprint density at radius 3 is 2.12 bits per heavy atom. The van der Waals surface area contributed by atoms with Crippen LogP contribution in [0.25, 0.3) is 0 Å². The number of nitrogens with one attached hydrogen (secondary N) is 1. The van der Waals surface area contributed by atoms with Crippen molar-refractivity contribution >= 4 is 6.09 Å². The fraction of sp³-hybridized carbons (Fsp3) is 0.632. The van der Waals surface area contributed by atoms with Crippen molar-refractivity contribution in [3.8, 4) is 5.75 Å². The zero-order valence-electron chi connectivity index (χ0n) is 15.8. The lowest BCUT2D eigenvalue weighted by molar-refractivity contribution is 0.0502. The second-order valence-electron chi connectivity index (χ2n) is 7.98. The van der Waals surface area contributed by atoms with E-state index in [1.54, 1.807) is 0 Å². The summed E-state index contributed by atoms with van der Waals surface area (Å²) in [5.41, 5.74) is 6.05. The van der Waals surface area contributed by atoms with Crippen LogP contribution >= 0.6 is 0 Å². The van der Waals surface area contributed by atoms with E-state index in [4.69, 9.17) is 15.2 Å².